The molecule has 0 radical (unpaired) electrons. The number of allylic oxidation sites excluding steroid dienone is 2. The molecule has 1 saturated heterocycles. The SMILES string of the molecule is C/C=C\C(C)(C)C1CC(=O)OC1=O. The summed E-state index contributed by atoms with van der Waals surface area (Å²) < 4.78 is 4.49. The zero-order chi connectivity index (χ0) is 10.1. The molecule has 1 atom stereocenters. The molecule has 0 aromatic rings. The van der Waals surface area contributed by atoms with Gasteiger partial charge in [0, 0.05) is 0 Å². The molecule has 0 saturated carbocycles. The van der Waals surface area contributed by atoms with E-state index >= 15 is 0 Å². The molecule has 0 aliphatic carbocycles. The van der Waals surface area contributed by atoms with Gasteiger partial charge in [-0.3, -0.25) is 9.59 Å². The van der Waals surface area contributed by atoms with Gasteiger partial charge in [0.25, 0.3) is 0 Å². The highest BCUT2D eigenvalue weighted by Crippen LogP contribution is 2.35. The molecule has 1 unspecified atom stereocenters. The number of hydrogen-bond acceptors (Lipinski definition) is 3. The van der Waals surface area contributed by atoms with Gasteiger partial charge in [-0.25, -0.2) is 0 Å². The molecule has 3 heteroatoms. The number of carbonyl (C=O) groups excluding carboxylic acids is 2. The molecule has 1 aliphatic heterocycles. The van der Waals surface area contributed by atoms with Crippen LogP contribution < -0.4 is 0 Å². The van der Waals surface area contributed by atoms with Crippen molar-refractivity contribution in [3.8, 4) is 0 Å². The Morgan fingerprint density at radius 1 is 1.46 bits per heavy atom. The minimum absolute atomic E-state index is 0.205. The molecule has 13 heavy (non-hydrogen) atoms. The minimum Gasteiger partial charge on any atom is -0.393 e. The van der Waals surface area contributed by atoms with E-state index in [0.717, 1.165) is 0 Å². The van der Waals surface area contributed by atoms with Gasteiger partial charge in [0.1, 0.15) is 0 Å². The van der Waals surface area contributed by atoms with E-state index in [1.807, 2.05) is 32.9 Å². The Morgan fingerprint density at radius 2 is 2.08 bits per heavy atom. The first kappa shape index (κ1) is 9.96. The second-order valence-electron chi connectivity index (χ2n) is 3.87. The van der Waals surface area contributed by atoms with E-state index in [1.54, 1.807) is 0 Å². The maximum atomic E-state index is 11.2. The Bertz CT molecular complexity index is 263. The van der Waals surface area contributed by atoms with Crippen molar-refractivity contribution in [1.29, 1.82) is 0 Å². The summed E-state index contributed by atoms with van der Waals surface area (Å²) in [5.41, 5.74) is -0.294. The molecule has 1 fully saturated rings. The van der Waals surface area contributed by atoms with E-state index in [0.29, 0.717) is 0 Å². The van der Waals surface area contributed by atoms with Crippen LogP contribution in [0.3, 0.4) is 0 Å². The Kier molecular flexibility index (Phi) is 2.55. The number of carbonyl (C=O) groups is 2. The molecule has 3 nitrogen and oxygen atoms in total. The average molecular weight is 182 g/mol. The first-order chi connectivity index (χ1) is 5.97. The summed E-state index contributed by atoms with van der Waals surface area (Å²) in [6.07, 6.45) is 4.02. The molecule has 0 aromatic carbocycles. The maximum Gasteiger partial charge on any atom is 0.318 e. The lowest BCUT2D eigenvalue weighted by Gasteiger charge is -2.23. The highest BCUT2D eigenvalue weighted by molar-refractivity contribution is 5.95. The molecule has 1 heterocycles. The van der Waals surface area contributed by atoms with Gasteiger partial charge in [-0.05, 0) is 12.3 Å². The van der Waals surface area contributed by atoms with Crippen molar-refractivity contribution in [2.24, 2.45) is 11.3 Å². The van der Waals surface area contributed by atoms with Gasteiger partial charge in [-0.2, -0.15) is 0 Å². The lowest BCUT2D eigenvalue weighted by Crippen LogP contribution is -2.25. The average Bonchev–Trinajstić information content (AvgIpc) is 2.30. The van der Waals surface area contributed by atoms with Crippen LogP contribution in [0.25, 0.3) is 0 Å². The first-order valence-corrected chi connectivity index (χ1v) is 4.36. The van der Waals surface area contributed by atoms with Crippen molar-refractivity contribution < 1.29 is 14.3 Å². The predicted molar refractivity (Wildman–Crippen MR) is 47.8 cm³/mol. The van der Waals surface area contributed by atoms with Gasteiger partial charge in [-0.1, -0.05) is 26.0 Å². The molecule has 0 spiro atoms. The molecule has 1 aliphatic rings. The summed E-state index contributed by atoms with van der Waals surface area (Å²) in [6, 6.07) is 0. The lowest BCUT2D eigenvalue weighted by atomic mass is 9.78. The van der Waals surface area contributed by atoms with Crippen LogP contribution in [0.4, 0.5) is 0 Å². The summed E-state index contributed by atoms with van der Waals surface area (Å²) in [5.74, 6) is -1.13. The zero-order valence-corrected chi connectivity index (χ0v) is 8.16. The molecule has 0 amide bonds. The van der Waals surface area contributed by atoms with Gasteiger partial charge in [0.15, 0.2) is 0 Å². The van der Waals surface area contributed by atoms with Crippen molar-refractivity contribution in [3.63, 3.8) is 0 Å². The number of rotatable bonds is 2. The highest BCUT2D eigenvalue weighted by Gasteiger charge is 2.42. The number of esters is 2. The second-order valence-corrected chi connectivity index (χ2v) is 3.87. The summed E-state index contributed by atoms with van der Waals surface area (Å²) in [7, 11) is 0. The number of ether oxygens (including phenoxy) is 1. The molecule has 0 N–H and O–H groups in total. The van der Waals surface area contributed by atoms with E-state index in [9.17, 15) is 9.59 Å². The largest absolute Gasteiger partial charge is 0.393 e. The number of hydrogen-bond donors (Lipinski definition) is 0. The molecular weight excluding hydrogens is 168 g/mol. The third-order valence-electron chi connectivity index (χ3n) is 2.36. The van der Waals surface area contributed by atoms with Crippen molar-refractivity contribution in [2.45, 2.75) is 27.2 Å². The van der Waals surface area contributed by atoms with E-state index < -0.39 is 11.9 Å². The van der Waals surface area contributed by atoms with Gasteiger partial charge in [0.05, 0.1) is 12.3 Å². The fourth-order valence-corrected chi connectivity index (χ4v) is 1.59. The van der Waals surface area contributed by atoms with Crippen LogP contribution in [0.15, 0.2) is 12.2 Å². The first-order valence-electron chi connectivity index (χ1n) is 4.36. The van der Waals surface area contributed by atoms with Gasteiger partial charge < -0.3 is 4.74 Å². The predicted octanol–water partition coefficient (Wildman–Crippen LogP) is 1.68. The molecule has 1 rings (SSSR count). The Hall–Kier alpha value is -1.12. The van der Waals surface area contributed by atoms with Crippen LogP contribution in [-0.2, 0) is 14.3 Å². The third-order valence-corrected chi connectivity index (χ3v) is 2.36. The quantitative estimate of drug-likeness (QED) is 0.370. The van der Waals surface area contributed by atoms with E-state index in [4.69, 9.17) is 0 Å². The number of cyclic esters (lactones) is 2. The zero-order valence-electron chi connectivity index (χ0n) is 8.16. The van der Waals surface area contributed by atoms with Crippen LogP contribution in [0.2, 0.25) is 0 Å². The summed E-state index contributed by atoms with van der Waals surface area (Å²) in [6.45, 7) is 5.75. The fraction of sp³-hybridized carbons (Fsp3) is 0.600. The van der Waals surface area contributed by atoms with E-state index in [2.05, 4.69) is 4.74 Å². The summed E-state index contributed by atoms with van der Waals surface area (Å²) >= 11 is 0. The fourth-order valence-electron chi connectivity index (χ4n) is 1.59. The van der Waals surface area contributed by atoms with E-state index in [-0.39, 0.29) is 17.8 Å². The molecule has 72 valence electrons. The lowest BCUT2D eigenvalue weighted by molar-refractivity contribution is -0.153. The molecular formula is C10H14O3. The van der Waals surface area contributed by atoms with Gasteiger partial charge >= 0.3 is 11.9 Å². The normalized spacial score (nSPS) is 24.1. The Labute approximate surface area is 77.8 Å². The Balaban J connectivity index is 2.83. The monoisotopic (exact) mass is 182 g/mol. The van der Waals surface area contributed by atoms with Gasteiger partial charge in [-0.15, -0.1) is 0 Å². The maximum absolute atomic E-state index is 11.2. The topological polar surface area (TPSA) is 43.4 Å². The Morgan fingerprint density at radius 3 is 2.46 bits per heavy atom. The smallest absolute Gasteiger partial charge is 0.318 e. The van der Waals surface area contributed by atoms with Crippen LogP contribution in [0.5, 0.6) is 0 Å². The van der Waals surface area contributed by atoms with Crippen LogP contribution >= 0.6 is 0 Å². The minimum atomic E-state index is -0.410. The van der Waals surface area contributed by atoms with Crippen LogP contribution in [0.1, 0.15) is 27.2 Å². The van der Waals surface area contributed by atoms with Crippen molar-refractivity contribution in [2.75, 3.05) is 0 Å². The molecule has 0 aromatic heterocycles. The van der Waals surface area contributed by atoms with Crippen molar-refractivity contribution >= 4 is 11.9 Å². The second kappa shape index (κ2) is 3.32. The summed E-state index contributed by atoms with van der Waals surface area (Å²) in [4.78, 5) is 22.1. The highest BCUT2D eigenvalue weighted by atomic mass is 16.6. The van der Waals surface area contributed by atoms with Crippen LogP contribution in [-0.4, -0.2) is 11.9 Å². The van der Waals surface area contributed by atoms with E-state index in [1.165, 1.54) is 0 Å². The van der Waals surface area contributed by atoms with Crippen molar-refractivity contribution in [3.05, 3.63) is 12.2 Å². The third kappa shape index (κ3) is 1.97. The summed E-state index contributed by atoms with van der Waals surface area (Å²) in [5, 5.41) is 0. The molecule has 0 bridgehead atoms. The van der Waals surface area contributed by atoms with Gasteiger partial charge in [0.2, 0.25) is 0 Å². The standard InChI is InChI=1S/C10H14O3/c1-4-5-10(2,3)7-6-8(11)13-9(7)12/h4-5,7H,6H2,1-3H3/b5-4-. The van der Waals surface area contributed by atoms with Crippen LogP contribution in [0, 0.1) is 11.3 Å². The van der Waals surface area contributed by atoms with Crippen molar-refractivity contribution in [1.82, 2.24) is 0 Å².